The largest absolute Gasteiger partial charge is 0.380 e. The Morgan fingerprint density at radius 2 is 1.70 bits per heavy atom. The third-order valence-electron chi connectivity index (χ3n) is 4.08. The minimum Gasteiger partial charge on any atom is -0.380 e. The number of halogens is 2. The maximum Gasteiger partial charge on any atom is 0.252 e. The number of nitrogens with zero attached hydrogens (tertiary/aromatic N) is 2. The fraction of sp³-hybridized carbons (Fsp3) is 0.100. The van der Waals surface area contributed by atoms with Crippen LogP contribution >= 0.6 is 0 Å². The smallest absolute Gasteiger partial charge is 0.252 e. The van der Waals surface area contributed by atoms with E-state index in [0.29, 0.717) is 28.5 Å². The Kier molecular flexibility index (Phi) is 6.16. The Morgan fingerprint density at radius 3 is 2.30 bits per heavy atom. The number of primary amides is 1. The van der Waals surface area contributed by atoms with Crippen molar-refractivity contribution in [3.63, 3.8) is 0 Å². The van der Waals surface area contributed by atoms with Gasteiger partial charge >= 0.3 is 0 Å². The van der Waals surface area contributed by atoms with Crippen LogP contribution in [0.4, 0.5) is 26.1 Å². The van der Waals surface area contributed by atoms with Crippen molar-refractivity contribution >= 4 is 29.1 Å². The first-order valence-corrected chi connectivity index (χ1v) is 8.79. The maximum absolute atomic E-state index is 13.4. The zero-order chi connectivity index (χ0) is 21.7. The van der Waals surface area contributed by atoms with Crippen molar-refractivity contribution in [2.24, 2.45) is 5.73 Å². The number of carbonyl (C=O) groups is 2. The molecule has 1 aromatic carbocycles. The number of anilines is 3. The van der Waals surface area contributed by atoms with E-state index >= 15 is 0 Å². The van der Waals surface area contributed by atoms with Crippen molar-refractivity contribution in [3.8, 4) is 0 Å². The summed E-state index contributed by atoms with van der Waals surface area (Å²) >= 11 is 0. The van der Waals surface area contributed by atoms with Crippen molar-refractivity contribution in [1.29, 1.82) is 0 Å². The van der Waals surface area contributed by atoms with Crippen molar-refractivity contribution in [3.05, 3.63) is 77.1 Å². The van der Waals surface area contributed by atoms with Gasteiger partial charge in [-0.3, -0.25) is 9.59 Å². The van der Waals surface area contributed by atoms with Gasteiger partial charge in [-0.15, -0.1) is 0 Å². The lowest BCUT2D eigenvalue weighted by atomic mass is 10.1. The summed E-state index contributed by atoms with van der Waals surface area (Å²) in [4.78, 5) is 31.5. The number of carbonyl (C=O) groups excluding carboxylic acids is 2. The molecule has 2 amide bonds. The molecule has 0 spiro atoms. The third kappa shape index (κ3) is 5.04. The highest BCUT2D eigenvalue weighted by atomic mass is 19.1. The summed E-state index contributed by atoms with van der Waals surface area (Å²) in [5, 5.41) is 8.38. The van der Waals surface area contributed by atoms with Crippen LogP contribution in [0.15, 0.2) is 48.8 Å². The number of hydrogen-bond acceptors (Lipinski definition) is 6. The molecule has 0 unspecified atom stereocenters. The molecule has 0 atom stereocenters. The van der Waals surface area contributed by atoms with Crippen molar-refractivity contribution in [2.45, 2.75) is 6.54 Å². The fourth-order valence-corrected chi connectivity index (χ4v) is 2.65. The van der Waals surface area contributed by atoms with Gasteiger partial charge in [0.05, 0.1) is 16.8 Å². The molecule has 0 aliphatic carbocycles. The molecular formula is C20H18F2N6O2. The molecule has 30 heavy (non-hydrogen) atoms. The number of pyridine rings is 2. The van der Waals surface area contributed by atoms with Gasteiger partial charge < -0.3 is 21.7 Å². The molecule has 0 aliphatic heterocycles. The molecule has 2 aromatic heterocycles. The minimum absolute atomic E-state index is 0.0531. The molecular weight excluding hydrogens is 394 g/mol. The molecule has 0 saturated carbocycles. The Balaban J connectivity index is 1.80. The third-order valence-corrected chi connectivity index (χ3v) is 4.08. The summed E-state index contributed by atoms with van der Waals surface area (Å²) in [5.74, 6) is -1.63. The van der Waals surface area contributed by atoms with E-state index in [9.17, 15) is 18.4 Å². The summed E-state index contributed by atoms with van der Waals surface area (Å²) in [6.07, 6.45) is 2.68. The lowest BCUT2D eigenvalue weighted by molar-refractivity contribution is 0.0961. The number of hydrogen-bond donors (Lipinski definition) is 4. The standard InChI is InChI=1S/C20H18F2N6O2/c1-24-20(30)12-2-3-17(26-9-12)28-18-7-16(15(10-27-18)19(23)29)25-8-11-4-13(21)6-14(22)5-11/h2-7,9-10H,8H2,1H3,(H2,23,29)(H,24,30)(H2,25,26,27,28). The van der Waals surface area contributed by atoms with Crippen molar-refractivity contribution in [2.75, 3.05) is 17.7 Å². The molecule has 3 rings (SSSR count). The van der Waals surface area contributed by atoms with Gasteiger partial charge in [-0.25, -0.2) is 18.7 Å². The van der Waals surface area contributed by atoms with E-state index in [0.717, 1.165) is 6.07 Å². The molecule has 5 N–H and O–H groups in total. The van der Waals surface area contributed by atoms with E-state index in [-0.39, 0.29) is 18.0 Å². The van der Waals surface area contributed by atoms with Crippen LogP contribution in [0.2, 0.25) is 0 Å². The monoisotopic (exact) mass is 412 g/mol. The summed E-state index contributed by atoms with van der Waals surface area (Å²) < 4.78 is 26.7. The molecule has 8 nitrogen and oxygen atoms in total. The lowest BCUT2D eigenvalue weighted by Gasteiger charge is -2.13. The number of nitrogens with one attached hydrogen (secondary N) is 3. The van der Waals surface area contributed by atoms with E-state index in [1.807, 2.05) is 0 Å². The van der Waals surface area contributed by atoms with Crippen LogP contribution in [-0.4, -0.2) is 28.8 Å². The molecule has 2 heterocycles. The molecule has 154 valence electrons. The Hall–Kier alpha value is -4.08. The fourth-order valence-electron chi connectivity index (χ4n) is 2.65. The predicted octanol–water partition coefficient (Wildman–Crippen LogP) is 2.57. The molecule has 0 radical (unpaired) electrons. The highest BCUT2D eigenvalue weighted by molar-refractivity contribution is 5.98. The molecule has 0 bridgehead atoms. The van der Waals surface area contributed by atoms with E-state index in [4.69, 9.17) is 5.73 Å². The summed E-state index contributed by atoms with van der Waals surface area (Å²) in [6, 6.07) is 7.83. The molecule has 10 heteroatoms. The second-order valence-electron chi connectivity index (χ2n) is 6.25. The zero-order valence-corrected chi connectivity index (χ0v) is 15.9. The zero-order valence-electron chi connectivity index (χ0n) is 15.9. The maximum atomic E-state index is 13.4. The van der Waals surface area contributed by atoms with Gasteiger partial charge in [-0.05, 0) is 29.8 Å². The first kappa shape index (κ1) is 20.6. The summed E-state index contributed by atoms with van der Waals surface area (Å²) in [6.45, 7) is 0.0531. The predicted molar refractivity (Wildman–Crippen MR) is 107 cm³/mol. The van der Waals surface area contributed by atoms with Gasteiger partial charge in [0.2, 0.25) is 0 Å². The van der Waals surface area contributed by atoms with E-state index < -0.39 is 17.5 Å². The Morgan fingerprint density at radius 1 is 1.00 bits per heavy atom. The summed E-state index contributed by atoms with van der Waals surface area (Å²) in [5.41, 5.74) is 6.56. The second-order valence-corrected chi connectivity index (χ2v) is 6.25. The van der Waals surface area contributed by atoms with Crippen LogP contribution in [0.25, 0.3) is 0 Å². The highest BCUT2D eigenvalue weighted by Gasteiger charge is 2.12. The highest BCUT2D eigenvalue weighted by Crippen LogP contribution is 2.22. The number of amides is 2. The van der Waals surface area contributed by atoms with Crippen LogP contribution in [-0.2, 0) is 6.54 Å². The number of nitrogens with two attached hydrogens (primary N) is 1. The first-order chi connectivity index (χ1) is 14.4. The van der Waals surface area contributed by atoms with Gasteiger partial charge in [0, 0.05) is 38.1 Å². The van der Waals surface area contributed by atoms with Crippen LogP contribution in [0, 0.1) is 11.6 Å². The van der Waals surface area contributed by atoms with Gasteiger partial charge in [-0.1, -0.05) is 0 Å². The lowest BCUT2D eigenvalue weighted by Crippen LogP contribution is -2.18. The average Bonchev–Trinajstić information content (AvgIpc) is 2.71. The average molecular weight is 412 g/mol. The number of rotatable bonds is 7. The second kappa shape index (κ2) is 8.95. The Bertz CT molecular complexity index is 1070. The normalized spacial score (nSPS) is 10.4. The van der Waals surface area contributed by atoms with Crippen LogP contribution in [0.3, 0.4) is 0 Å². The van der Waals surface area contributed by atoms with Crippen LogP contribution in [0.1, 0.15) is 26.3 Å². The van der Waals surface area contributed by atoms with Gasteiger partial charge in [0.25, 0.3) is 11.8 Å². The molecule has 0 saturated heterocycles. The van der Waals surface area contributed by atoms with E-state index in [2.05, 4.69) is 25.9 Å². The molecule has 3 aromatic rings. The first-order valence-electron chi connectivity index (χ1n) is 8.79. The van der Waals surface area contributed by atoms with E-state index in [1.165, 1.54) is 37.6 Å². The van der Waals surface area contributed by atoms with Crippen LogP contribution in [0.5, 0.6) is 0 Å². The van der Waals surface area contributed by atoms with Gasteiger partial charge in [0.15, 0.2) is 0 Å². The van der Waals surface area contributed by atoms with Crippen molar-refractivity contribution in [1.82, 2.24) is 15.3 Å². The topological polar surface area (TPSA) is 122 Å². The Labute approximate surface area is 170 Å². The van der Waals surface area contributed by atoms with Crippen molar-refractivity contribution < 1.29 is 18.4 Å². The quantitative estimate of drug-likeness (QED) is 0.473. The van der Waals surface area contributed by atoms with E-state index in [1.54, 1.807) is 12.1 Å². The van der Waals surface area contributed by atoms with Gasteiger partial charge in [0.1, 0.15) is 23.3 Å². The summed E-state index contributed by atoms with van der Waals surface area (Å²) in [7, 11) is 1.52. The minimum atomic E-state index is -0.713. The number of benzene rings is 1. The molecule has 0 aliphatic rings. The van der Waals surface area contributed by atoms with Crippen LogP contribution < -0.4 is 21.7 Å². The molecule has 0 fully saturated rings. The van der Waals surface area contributed by atoms with Gasteiger partial charge in [-0.2, -0.15) is 0 Å². The SMILES string of the molecule is CNC(=O)c1ccc(Nc2cc(NCc3cc(F)cc(F)c3)c(C(N)=O)cn2)nc1. The number of aromatic nitrogens is 2.